The average Bonchev–Trinajstić information content (AvgIpc) is 2.03. The summed E-state index contributed by atoms with van der Waals surface area (Å²) in [6.45, 7) is 6.40. The molecule has 0 aliphatic rings. The zero-order valence-corrected chi connectivity index (χ0v) is 9.48. The monoisotopic (exact) mass is 196 g/mol. The Morgan fingerprint density at radius 2 is 1.92 bits per heavy atom. The average molecular weight is 196 g/mol. The van der Waals surface area contributed by atoms with E-state index >= 15 is 0 Å². The predicted octanol–water partition coefficient (Wildman–Crippen LogP) is 3.42. The third-order valence-electron chi connectivity index (χ3n) is 2.15. The van der Waals surface area contributed by atoms with Crippen molar-refractivity contribution in [2.24, 2.45) is 0 Å². The second kappa shape index (κ2) is 4.05. The van der Waals surface area contributed by atoms with Crippen LogP contribution in [-0.4, -0.2) is 7.11 Å². The van der Waals surface area contributed by atoms with Crippen LogP contribution in [0.25, 0.3) is 0 Å². The summed E-state index contributed by atoms with van der Waals surface area (Å²) in [5.74, 6) is 1.42. The molecule has 0 N–H and O–H groups in total. The van der Waals surface area contributed by atoms with Gasteiger partial charge in [-0.25, -0.2) is 0 Å². The van der Waals surface area contributed by atoms with Gasteiger partial charge in [-0.05, 0) is 30.0 Å². The Labute approximate surface area is 85.5 Å². The van der Waals surface area contributed by atoms with E-state index in [0.717, 1.165) is 16.2 Å². The van der Waals surface area contributed by atoms with Crippen molar-refractivity contribution in [1.29, 1.82) is 0 Å². The van der Waals surface area contributed by atoms with E-state index in [1.165, 1.54) is 5.56 Å². The smallest absolute Gasteiger partial charge is 0.135 e. The first-order valence-electron chi connectivity index (χ1n) is 4.43. The van der Waals surface area contributed by atoms with E-state index in [0.29, 0.717) is 5.92 Å². The van der Waals surface area contributed by atoms with Crippen LogP contribution < -0.4 is 4.74 Å². The van der Waals surface area contributed by atoms with Gasteiger partial charge in [0, 0.05) is 4.90 Å². The Morgan fingerprint density at radius 3 is 2.31 bits per heavy atom. The number of rotatable bonds is 2. The Kier molecular flexibility index (Phi) is 3.26. The number of hydrogen-bond donors (Lipinski definition) is 1. The third kappa shape index (κ3) is 2.19. The molecule has 0 bridgehead atoms. The van der Waals surface area contributed by atoms with Crippen molar-refractivity contribution < 1.29 is 4.74 Å². The van der Waals surface area contributed by atoms with Crippen molar-refractivity contribution >= 4 is 12.6 Å². The van der Waals surface area contributed by atoms with E-state index in [-0.39, 0.29) is 0 Å². The van der Waals surface area contributed by atoms with Crippen molar-refractivity contribution in [3.05, 3.63) is 23.3 Å². The van der Waals surface area contributed by atoms with Crippen molar-refractivity contribution in [1.82, 2.24) is 0 Å². The van der Waals surface area contributed by atoms with Crippen LogP contribution in [0.4, 0.5) is 0 Å². The first kappa shape index (κ1) is 10.5. The van der Waals surface area contributed by atoms with E-state index in [9.17, 15) is 0 Å². The van der Waals surface area contributed by atoms with Crippen LogP contribution in [0.1, 0.15) is 30.9 Å². The van der Waals surface area contributed by atoms with Crippen LogP contribution in [0.5, 0.6) is 5.75 Å². The summed E-state index contributed by atoms with van der Waals surface area (Å²) >= 11 is 4.39. The van der Waals surface area contributed by atoms with Gasteiger partial charge in [0.25, 0.3) is 0 Å². The fourth-order valence-electron chi connectivity index (χ4n) is 1.38. The molecule has 0 amide bonds. The van der Waals surface area contributed by atoms with E-state index in [4.69, 9.17) is 4.74 Å². The minimum atomic E-state index is 0.538. The Balaban J connectivity index is 3.20. The van der Waals surface area contributed by atoms with Crippen LogP contribution >= 0.6 is 12.6 Å². The molecule has 0 saturated carbocycles. The van der Waals surface area contributed by atoms with Gasteiger partial charge in [-0.15, -0.1) is 12.6 Å². The van der Waals surface area contributed by atoms with Crippen LogP contribution in [-0.2, 0) is 0 Å². The van der Waals surface area contributed by atoms with Gasteiger partial charge >= 0.3 is 0 Å². The topological polar surface area (TPSA) is 9.23 Å². The van der Waals surface area contributed by atoms with Crippen LogP contribution in [0.3, 0.4) is 0 Å². The standard InChI is InChI=1S/C11H16OS/c1-7(2)9-5-8(3)11(12-4)10(13)6-9/h5-7,13H,1-4H3. The molecule has 0 aliphatic carbocycles. The molecule has 0 unspecified atom stereocenters. The quantitative estimate of drug-likeness (QED) is 0.713. The Hall–Kier alpha value is -0.630. The van der Waals surface area contributed by atoms with E-state index in [1.54, 1.807) is 7.11 Å². The maximum atomic E-state index is 5.23. The fourth-order valence-corrected chi connectivity index (χ4v) is 1.80. The summed E-state index contributed by atoms with van der Waals surface area (Å²) in [4.78, 5) is 0.922. The number of aryl methyl sites for hydroxylation is 1. The number of ether oxygens (including phenoxy) is 1. The first-order chi connectivity index (χ1) is 6.06. The van der Waals surface area contributed by atoms with Gasteiger partial charge in [0.15, 0.2) is 0 Å². The van der Waals surface area contributed by atoms with Gasteiger partial charge in [0.05, 0.1) is 7.11 Å². The summed E-state index contributed by atoms with van der Waals surface area (Å²) in [5.41, 5.74) is 2.46. The van der Waals surface area contributed by atoms with Crippen molar-refractivity contribution in [2.75, 3.05) is 7.11 Å². The summed E-state index contributed by atoms with van der Waals surface area (Å²) in [7, 11) is 1.68. The highest BCUT2D eigenvalue weighted by Crippen LogP contribution is 2.30. The largest absolute Gasteiger partial charge is 0.495 e. The zero-order chi connectivity index (χ0) is 10.0. The maximum Gasteiger partial charge on any atom is 0.135 e. The molecule has 1 aromatic rings. The summed E-state index contributed by atoms with van der Waals surface area (Å²) in [6.07, 6.45) is 0. The van der Waals surface area contributed by atoms with Crippen molar-refractivity contribution in [3.63, 3.8) is 0 Å². The lowest BCUT2D eigenvalue weighted by molar-refractivity contribution is 0.401. The fraction of sp³-hybridized carbons (Fsp3) is 0.455. The molecule has 2 heteroatoms. The lowest BCUT2D eigenvalue weighted by Gasteiger charge is -2.12. The molecule has 0 aliphatic heterocycles. The number of benzene rings is 1. The molecule has 1 nitrogen and oxygen atoms in total. The molecule has 0 fully saturated rings. The molecule has 0 radical (unpaired) electrons. The molecule has 1 rings (SSSR count). The number of methoxy groups -OCH3 is 1. The lowest BCUT2D eigenvalue weighted by Crippen LogP contribution is -1.93. The minimum Gasteiger partial charge on any atom is -0.495 e. The minimum absolute atomic E-state index is 0.538. The second-order valence-corrected chi connectivity index (χ2v) is 4.03. The molecular weight excluding hydrogens is 180 g/mol. The summed E-state index contributed by atoms with van der Waals surface area (Å²) in [5, 5.41) is 0. The molecule has 72 valence electrons. The molecule has 0 heterocycles. The molecule has 0 saturated heterocycles. The molecule has 0 atom stereocenters. The SMILES string of the molecule is COc1c(C)cc(C(C)C)cc1S. The van der Waals surface area contributed by atoms with Crippen molar-refractivity contribution in [3.8, 4) is 5.75 Å². The van der Waals surface area contributed by atoms with E-state index in [1.807, 2.05) is 6.92 Å². The highest BCUT2D eigenvalue weighted by molar-refractivity contribution is 7.80. The molecular formula is C11H16OS. The van der Waals surface area contributed by atoms with Crippen LogP contribution in [0.15, 0.2) is 17.0 Å². The maximum absolute atomic E-state index is 5.23. The Morgan fingerprint density at radius 1 is 1.31 bits per heavy atom. The van der Waals surface area contributed by atoms with Crippen LogP contribution in [0.2, 0.25) is 0 Å². The zero-order valence-electron chi connectivity index (χ0n) is 8.59. The number of thiol groups is 1. The molecule has 1 aromatic carbocycles. The van der Waals surface area contributed by atoms with Gasteiger partial charge in [-0.1, -0.05) is 19.9 Å². The highest BCUT2D eigenvalue weighted by Gasteiger charge is 2.07. The number of hydrogen-bond acceptors (Lipinski definition) is 2. The van der Waals surface area contributed by atoms with E-state index < -0.39 is 0 Å². The van der Waals surface area contributed by atoms with E-state index in [2.05, 4.69) is 38.6 Å². The molecule has 0 spiro atoms. The van der Waals surface area contributed by atoms with Crippen molar-refractivity contribution in [2.45, 2.75) is 31.6 Å². The third-order valence-corrected chi connectivity index (χ3v) is 2.48. The molecule has 13 heavy (non-hydrogen) atoms. The molecule has 0 aromatic heterocycles. The first-order valence-corrected chi connectivity index (χ1v) is 4.88. The van der Waals surface area contributed by atoms with Gasteiger partial charge < -0.3 is 4.74 Å². The summed E-state index contributed by atoms with van der Waals surface area (Å²) in [6, 6.07) is 4.23. The summed E-state index contributed by atoms with van der Waals surface area (Å²) < 4.78 is 5.23. The van der Waals surface area contributed by atoms with Crippen LogP contribution in [0, 0.1) is 6.92 Å². The lowest BCUT2D eigenvalue weighted by atomic mass is 10.0. The predicted molar refractivity (Wildman–Crippen MR) is 59.1 cm³/mol. The Bertz CT molecular complexity index is 282. The van der Waals surface area contributed by atoms with Gasteiger partial charge in [-0.3, -0.25) is 0 Å². The second-order valence-electron chi connectivity index (χ2n) is 3.54. The van der Waals surface area contributed by atoms with Gasteiger partial charge in [0.1, 0.15) is 5.75 Å². The normalized spacial score (nSPS) is 10.6. The highest BCUT2D eigenvalue weighted by atomic mass is 32.1. The van der Waals surface area contributed by atoms with Gasteiger partial charge in [-0.2, -0.15) is 0 Å². The van der Waals surface area contributed by atoms with Gasteiger partial charge in [0.2, 0.25) is 0 Å².